The molecule has 3 heterocycles. The number of aromatic nitrogens is 2. The maximum Gasteiger partial charge on any atom is 0.419 e. The van der Waals surface area contributed by atoms with Crippen LogP contribution in [0.4, 0.5) is 4.79 Å². The van der Waals surface area contributed by atoms with Crippen LogP contribution in [0.3, 0.4) is 0 Å². The van der Waals surface area contributed by atoms with Gasteiger partial charge >= 0.3 is 16.2 Å². The van der Waals surface area contributed by atoms with Crippen molar-refractivity contribution in [3.05, 3.63) is 71.4 Å². The summed E-state index contributed by atoms with van der Waals surface area (Å²) in [6, 6.07) is 13.5. The third-order valence-electron chi connectivity index (χ3n) is 6.52. The molecule has 0 unspecified atom stereocenters. The first-order valence-electron chi connectivity index (χ1n) is 13.2. The Labute approximate surface area is 244 Å². The molecule has 42 heavy (non-hydrogen) atoms. The lowest BCUT2D eigenvalue weighted by Crippen LogP contribution is -2.27. The third kappa shape index (κ3) is 5.55. The van der Waals surface area contributed by atoms with Crippen molar-refractivity contribution in [3.63, 3.8) is 0 Å². The second-order valence-electron chi connectivity index (χ2n) is 11.2. The van der Waals surface area contributed by atoms with Gasteiger partial charge in [-0.25, -0.2) is 14.3 Å². The normalized spacial score (nSPS) is 13.3. The summed E-state index contributed by atoms with van der Waals surface area (Å²) >= 11 is 0. The Bertz CT molecular complexity index is 1810. The first-order chi connectivity index (χ1) is 19.8. The predicted octanol–water partition coefficient (Wildman–Crippen LogP) is 4.57. The molecule has 12 heteroatoms. The summed E-state index contributed by atoms with van der Waals surface area (Å²) in [4.78, 5) is 32.8. The molecule has 1 N–H and O–H groups in total. The fourth-order valence-corrected chi connectivity index (χ4v) is 5.82. The summed E-state index contributed by atoms with van der Waals surface area (Å²) in [5.74, 6) is -0.514. The highest BCUT2D eigenvalue weighted by atomic mass is 32.2. The Morgan fingerprint density at radius 3 is 2.52 bits per heavy atom. The lowest BCUT2D eigenvalue weighted by Gasteiger charge is -2.22. The van der Waals surface area contributed by atoms with Crippen LogP contribution in [0, 0.1) is 0 Å². The Hall–Kier alpha value is -4.42. The van der Waals surface area contributed by atoms with Crippen LogP contribution in [-0.4, -0.2) is 61.7 Å². The largest absolute Gasteiger partial charge is 0.493 e. The topological polar surface area (TPSA) is 129 Å². The average molecular weight is 593 g/mol. The summed E-state index contributed by atoms with van der Waals surface area (Å²) in [5.41, 5.74) is 2.02. The van der Waals surface area contributed by atoms with Crippen LogP contribution in [0.25, 0.3) is 22.2 Å². The molecular formula is C30H32N4O7S. The number of ether oxygens (including phenoxy) is 2. The Morgan fingerprint density at radius 1 is 1.12 bits per heavy atom. The van der Waals surface area contributed by atoms with E-state index >= 15 is 0 Å². The number of benzene rings is 2. The first-order valence-corrected chi connectivity index (χ1v) is 14.6. The van der Waals surface area contributed by atoms with Gasteiger partial charge in [-0.15, -0.1) is 0 Å². The van der Waals surface area contributed by atoms with Crippen molar-refractivity contribution in [2.24, 2.45) is 0 Å². The van der Waals surface area contributed by atoms with Crippen LogP contribution in [-0.2, 0) is 27.9 Å². The minimum Gasteiger partial charge on any atom is -0.493 e. The van der Waals surface area contributed by atoms with E-state index in [9.17, 15) is 18.0 Å². The molecule has 4 aromatic rings. The van der Waals surface area contributed by atoms with E-state index in [0.29, 0.717) is 23.3 Å². The van der Waals surface area contributed by atoms with Crippen LogP contribution >= 0.6 is 0 Å². The fourth-order valence-electron chi connectivity index (χ4n) is 4.90. The number of hydrogen-bond acceptors (Lipinski definition) is 9. The van der Waals surface area contributed by atoms with Crippen LogP contribution < -0.4 is 14.2 Å². The van der Waals surface area contributed by atoms with E-state index in [-0.39, 0.29) is 34.2 Å². The molecule has 0 saturated carbocycles. The zero-order valence-electron chi connectivity index (χ0n) is 24.2. The average Bonchev–Trinajstić information content (AvgIpc) is 3.49. The van der Waals surface area contributed by atoms with E-state index in [1.54, 1.807) is 26.8 Å². The Balaban J connectivity index is 1.74. The molecule has 0 bridgehead atoms. The van der Waals surface area contributed by atoms with Crippen molar-refractivity contribution in [3.8, 4) is 22.8 Å². The number of amides is 1. The minimum atomic E-state index is -4.35. The van der Waals surface area contributed by atoms with Crippen molar-refractivity contribution >= 4 is 33.0 Å². The van der Waals surface area contributed by atoms with E-state index in [0.717, 1.165) is 10.9 Å². The van der Waals surface area contributed by atoms with Gasteiger partial charge in [-0.05, 0) is 76.8 Å². The highest BCUT2D eigenvalue weighted by Gasteiger charge is 2.35. The maximum atomic E-state index is 13.6. The number of nitrogens with zero attached hydrogens (tertiary/aromatic N) is 3. The maximum absolute atomic E-state index is 13.6. The highest BCUT2D eigenvalue weighted by molar-refractivity contribution is 7.87. The molecule has 1 aliphatic heterocycles. The number of carbonyl (C=O) groups is 2. The number of fused-ring (bicyclic) bond motifs is 2. The standard InChI is InChI=1S/C30H32N4O7S/c1-30(2,3)40-29(36)34-22-11-10-18(17-33(4)5)13-19(22)14-23(34)20-15-24(39-6)27(21-16-32-28(35)26(20)21)41-42(37,38)25-9-7-8-12-31-25/h7-15H,16-17H2,1-6H3,(H,32,35). The van der Waals surface area contributed by atoms with Crippen LogP contribution in [0.15, 0.2) is 59.8 Å². The molecule has 5 rings (SSSR count). The number of pyridine rings is 1. The molecule has 220 valence electrons. The van der Waals surface area contributed by atoms with Gasteiger partial charge in [-0.2, -0.15) is 8.42 Å². The molecule has 0 radical (unpaired) electrons. The van der Waals surface area contributed by atoms with Crippen molar-refractivity contribution in [1.29, 1.82) is 0 Å². The van der Waals surface area contributed by atoms with Crippen LogP contribution in [0.2, 0.25) is 0 Å². The molecular weight excluding hydrogens is 560 g/mol. The predicted molar refractivity (Wildman–Crippen MR) is 156 cm³/mol. The van der Waals surface area contributed by atoms with Gasteiger partial charge in [0.25, 0.3) is 5.91 Å². The first kappa shape index (κ1) is 29.1. The van der Waals surface area contributed by atoms with Crippen molar-refractivity contribution < 1.29 is 31.7 Å². The lowest BCUT2D eigenvalue weighted by molar-refractivity contribution is 0.0546. The van der Waals surface area contributed by atoms with E-state index in [4.69, 9.17) is 13.7 Å². The van der Waals surface area contributed by atoms with Gasteiger partial charge in [0.1, 0.15) is 5.60 Å². The summed E-state index contributed by atoms with van der Waals surface area (Å²) in [6.45, 7) is 5.99. The molecule has 11 nitrogen and oxygen atoms in total. The molecule has 0 spiro atoms. The summed E-state index contributed by atoms with van der Waals surface area (Å²) in [7, 11) is 0.946. The Morgan fingerprint density at radius 2 is 1.88 bits per heavy atom. The number of hydrogen-bond donors (Lipinski definition) is 1. The molecule has 0 fully saturated rings. The third-order valence-corrected chi connectivity index (χ3v) is 7.66. The number of nitrogens with one attached hydrogen (secondary N) is 1. The summed E-state index contributed by atoms with van der Waals surface area (Å²) < 4.78 is 44.5. The van der Waals surface area contributed by atoms with Gasteiger partial charge in [0, 0.05) is 35.8 Å². The number of carbonyl (C=O) groups excluding carboxylic acids is 2. The molecule has 1 amide bonds. The molecule has 1 aliphatic rings. The van der Waals surface area contributed by atoms with Gasteiger partial charge in [-0.3, -0.25) is 4.79 Å². The Kier molecular flexibility index (Phi) is 7.46. The fraction of sp³-hybridized carbons (Fsp3) is 0.300. The van der Waals surface area contributed by atoms with Gasteiger partial charge in [-0.1, -0.05) is 12.1 Å². The zero-order valence-corrected chi connectivity index (χ0v) is 25.0. The van der Waals surface area contributed by atoms with Gasteiger partial charge in [0.2, 0.25) is 0 Å². The van der Waals surface area contributed by atoms with E-state index in [1.807, 2.05) is 43.3 Å². The van der Waals surface area contributed by atoms with Crippen molar-refractivity contribution in [2.75, 3.05) is 21.2 Å². The molecule has 2 aromatic carbocycles. The highest BCUT2D eigenvalue weighted by Crippen LogP contribution is 2.44. The van der Waals surface area contributed by atoms with Crippen molar-refractivity contribution in [1.82, 2.24) is 19.8 Å². The van der Waals surface area contributed by atoms with Crippen LogP contribution in [0.1, 0.15) is 42.3 Å². The van der Waals surface area contributed by atoms with Gasteiger partial charge < -0.3 is 23.9 Å². The van der Waals surface area contributed by atoms with E-state index in [1.165, 1.54) is 36.1 Å². The summed E-state index contributed by atoms with van der Waals surface area (Å²) in [6.07, 6.45) is 0.711. The smallest absolute Gasteiger partial charge is 0.419 e. The quantitative estimate of drug-likeness (QED) is 0.307. The minimum absolute atomic E-state index is 0.00884. The summed E-state index contributed by atoms with van der Waals surface area (Å²) in [5, 5.41) is 3.22. The zero-order chi connectivity index (χ0) is 30.4. The van der Waals surface area contributed by atoms with Gasteiger partial charge in [0.15, 0.2) is 16.5 Å². The van der Waals surface area contributed by atoms with Crippen molar-refractivity contribution in [2.45, 2.75) is 44.5 Å². The number of methoxy groups -OCH3 is 1. The lowest BCUT2D eigenvalue weighted by atomic mass is 9.98. The van der Waals surface area contributed by atoms with E-state index < -0.39 is 27.7 Å². The molecule has 0 aliphatic carbocycles. The van der Waals surface area contributed by atoms with Crippen LogP contribution in [0.5, 0.6) is 11.5 Å². The second-order valence-corrected chi connectivity index (χ2v) is 12.7. The number of rotatable bonds is 7. The molecule has 0 atom stereocenters. The molecule has 2 aromatic heterocycles. The SMILES string of the molecule is COc1cc(-c2cc3cc(CN(C)C)ccc3n2C(=O)OC(C)(C)C)c2c(c1OS(=O)(=O)c1ccccn1)CNC2=O. The second kappa shape index (κ2) is 10.8. The van der Waals surface area contributed by atoms with E-state index in [2.05, 4.69) is 10.3 Å². The van der Waals surface area contributed by atoms with Gasteiger partial charge in [0.05, 0.1) is 23.9 Å². The monoisotopic (exact) mass is 592 g/mol. The molecule has 0 saturated heterocycles.